The van der Waals surface area contributed by atoms with Crippen molar-refractivity contribution in [1.29, 1.82) is 0 Å². The molecule has 0 heterocycles. The van der Waals surface area contributed by atoms with Gasteiger partial charge in [0.15, 0.2) is 0 Å². The molecule has 0 saturated carbocycles. The van der Waals surface area contributed by atoms with Crippen LogP contribution in [0.4, 0.5) is 0 Å². The van der Waals surface area contributed by atoms with Crippen LogP contribution in [0.15, 0.2) is 0 Å². The van der Waals surface area contributed by atoms with E-state index in [-0.39, 0.29) is 0 Å². The maximum atomic E-state index is 9.91. The SMILES string of the molecule is NC(=O)C(=O)N[SeH]. The molecule has 5 heteroatoms. The van der Waals surface area contributed by atoms with Gasteiger partial charge in [0.2, 0.25) is 0 Å². The van der Waals surface area contributed by atoms with Gasteiger partial charge in [0.1, 0.15) is 0 Å². The molecule has 0 rings (SSSR count). The molecule has 0 bridgehead atoms. The Balaban J connectivity index is 3.58. The molecule has 0 spiro atoms. The molecule has 2 amide bonds. The molecule has 3 N–H and O–H groups in total. The molecule has 4 nitrogen and oxygen atoms in total. The quantitative estimate of drug-likeness (QED) is 0.307. The predicted octanol–water partition coefficient (Wildman–Crippen LogP) is -2.60. The summed E-state index contributed by atoms with van der Waals surface area (Å²) in [5.74, 6) is -1.76. The van der Waals surface area contributed by atoms with Crippen molar-refractivity contribution in [3.05, 3.63) is 0 Å². The van der Waals surface area contributed by atoms with Gasteiger partial charge in [-0.3, -0.25) is 0 Å². The van der Waals surface area contributed by atoms with Gasteiger partial charge in [0.25, 0.3) is 0 Å². The van der Waals surface area contributed by atoms with Crippen LogP contribution in [0.3, 0.4) is 0 Å². The van der Waals surface area contributed by atoms with Crippen LogP contribution in [-0.4, -0.2) is 28.0 Å². The van der Waals surface area contributed by atoms with E-state index in [1.807, 2.05) is 4.33 Å². The average Bonchev–Trinajstić information content (AvgIpc) is 1.65. The van der Waals surface area contributed by atoms with E-state index in [1.165, 1.54) is 0 Å². The van der Waals surface area contributed by atoms with Crippen LogP contribution in [0.2, 0.25) is 0 Å². The predicted molar refractivity (Wildman–Crippen MR) is 24.5 cm³/mol. The van der Waals surface area contributed by atoms with Crippen LogP contribution in [0.5, 0.6) is 0 Å². The number of nitrogens with one attached hydrogen (secondary N) is 1. The second kappa shape index (κ2) is 2.60. The van der Waals surface area contributed by atoms with E-state index in [9.17, 15) is 9.59 Å². The van der Waals surface area contributed by atoms with E-state index in [0.29, 0.717) is 0 Å². The number of primary amides is 1. The Kier molecular flexibility index (Phi) is 2.40. The molecule has 0 aliphatic rings. The molecule has 0 unspecified atom stereocenters. The Hall–Kier alpha value is -0.541. The maximum absolute atomic E-state index is 9.91. The molecule has 7 heavy (non-hydrogen) atoms. The van der Waals surface area contributed by atoms with Gasteiger partial charge in [0.05, 0.1) is 0 Å². The van der Waals surface area contributed by atoms with E-state index in [0.717, 1.165) is 0 Å². The third-order valence-electron chi connectivity index (χ3n) is 0.325. The van der Waals surface area contributed by atoms with Crippen molar-refractivity contribution in [3.8, 4) is 0 Å². The van der Waals surface area contributed by atoms with E-state index in [2.05, 4.69) is 5.73 Å². The molecule has 0 aliphatic heterocycles. The normalized spacial score (nSPS) is 7.57. The number of carbonyl (C=O) groups excluding carboxylic acids is 2. The van der Waals surface area contributed by atoms with Crippen molar-refractivity contribution in [3.63, 3.8) is 0 Å². The fourth-order valence-electron chi connectivity index (χ4n) is 0.0551. The zero-order valence-electron chi connectivity index (χ0n) is 3.34. The van der Waals surface area contributed by atoms with Gasteiger partial charge in [-0.2, -0.15) is 0 Å². The van der Waals surface area contributed by atoms with Crippen LogP contribution < -0.4 is 10.1 Å². The Morgan fingerprint density at radius 3 is 2.00 bits per heavy atom. The standard InChI is InChI=1S/C2H4N2O2Se/c3-1(5)2(6)4-7/h7H,(H2,3,5)(H,4,6). The molecule has 0 aromatic rings. The Labute approximate surface area is 48.5 Å². The average molecular weight is 167 g/mol. The molecule has 0 aliphatic carbocycles. The first-order valence-electron chi connectivity index (χ1n) is 1.42. The van der Waals surface area contributed by atoms with Gasteiger partial charge in [-0.05, 0) is 0 Å². The number of rotatable bonds is 0. The Morgan fingerprint density at radius 1 is 1.57 bits per heavy atom. The van der Waals surface area contributed by atoms with Crippen LogP contribution >= 0.6 is 0 Å². The van der Waals surface area contributed by atoms with Crippen LogP contribution in [0, 0.1) is 0 Å². The molecule has 0 aromatic carbocycles. The summed E-state index contributed by atoms with van der Waals surface area (Å²) in [4.78, 5) is 19.6. The van der Waals surface area contributed by atoms with E-state index < -0.39 is 11.8 Å². The van der Waals surface area contributed by atoms with Gasteiger partial charge in [-0.25, -0.2) is 0 Å². The van der Waals surface area contributed by atoms with E-state index >= 15 is 0 Å². The van der Waals surface area contributed by atoms with Gasteiger partial charge in [-0.1, -0.05) is 0 Å². The van der Waals surface area contributed by atoms with Crippen molar-refractivity contribution < 1.29 is 9.59 Å². The summed E-state index contributed by atoms with van der Waals surface area (Å²) in [6.45, 7) is 0. The minimum atomic E-state index is -0.972. The van der Waals surface area contributed by atoms with Crippen molar-refractivity contribution in [1.82, 2.24) is 4.33 Å². The fraction of sp³-hybridized carbons (Fsp3) is 0. The first-order chi connectivity index (χ1) is 3.18. The van der Waals surface area contributed by atoms with Gasteiger partial charge >= 0.3 is 47.7 Å². The van der Waals surface area contributed by atoms with E-state index in [4.69, 9.17) is 0 Å². The van der Waals surface area contributed by atoms with Gasteiger partial charge < -0.3 is 0 Å². The van der Waals surface area contributed by atoms with Crippen molar-refractivity contribution in [2.24, 2.45) is 5.73 Å². The molecular formula is C2H4N2O2Se. The number of nitrogens with two attached hydrogens (primary N) is 1. The Morgan fingerprint density at radius 2 is 2.00 bits per heavy atom. The van der Waals surface area contributed by atoms with Crippen LogP contribution in [0.25, 0.3) is 0 Å². The van der Waals surface area contributed by atoms with Crippen molar-refractivity contribution >= 4 is 28.0 Å². The molecular weight excluding hydrogens is 163 g/mol. The fourth-order valence-corrected chi connectivity index (χ4v) is 0.286. The molecule has 40 valence electrons. The monoisotopic (exact) mass is 168 g/mol. The zero-order valence-corrected chi connectivity index (χ0v) is 5.22. The van der Waals surface area contributed by atoms with Gasteiger partial charge in [-0.15, -0.1) is 0 Å². The topological polar surface area (TPSA) is 72.2 Å². The summed E-state index contributed by atoms with van der Waals surface area (Å²) in [5.41, 5.74) is 4.49. The summed E-state index contributed by atoms with van der Waals surface area (Å²) in [6, 6.07) is 0. The molecule has 0 saturated heterocycles. The first-order valence-corrected chi connectivity index (χ1v) is 2.36. The zero-order chi connectivity index (χ0) is 5.86. The summed E-state index contributed by atoms with van der Waals surface area (Å²) in [6.07, 6.45) is 0. The first kappa shape index (κ1) is 6.46. The number of hydrogen-bond donors (Lipinski definition) is 2. The third-order valence-corrected chi connectivity index (χ3v) is 0.751. The summed E-state index contributed by atoms with van der Waals surface area (Å²) in [5, 5.41) is 0. The molecule has 0 fully saturated rings. The van der Waals surface area contributed by atoms with Crippen molar-refractivity contribution in [2.75, 3.05) is 0 Å². The van der Waals surface area contributed by atoms with Gasteiger partial charge in [0, 0.05) is 0 Å². The summed E-state index contributed by atoms with van der Waals surface area (Å²) in [7, 11) is 0. The van der Waals surface area contributed by atoms with Crippen molar-refractivity contribution in [2.45, 2.75) is 0 Å². The summed E-state index contributed by atoms with van der Waals surface area (Å²) >= 11 is 1.73. The molecule has 0 atom stereocenters. The second-order valence-electron chi connectivity index (χ2n) is 0.805. The third kappa shape index (κ3) is 2.19. The number of amides is 2. The van der Waals surface area contributed by atoms with Crippen LogP contribution in [0.1, 0.15) is 0 Å². The minimum absolute atomic E-state index is 0.792. The second-order valence-corrected chi connectivity index (χ2v) is 1.27. The number of carbonyl (C=O) groups is 2. The summed E-state index contributed by atoms with van der Waals surface area (Å²) < 4.78 is 1.99. The van der Waals surface area contributed by atoms with Crippen LogP contribution in [-0.2, 0) is 9.59 Å². The molecule has 0 aromatic heterocycles. The number of hydrogen-bond acceptors (Lipinski definition) is 2. The van der Waals surface area contributed by atoms with E-state index in [1.54, 1.807) is 16.2 Å². The molecule has 0 radical (unpaired) electrons. The Bertz CT molecular complexity index is 102.